The number of nitrogens with one attached hydrogen (secondary N) is 1. The summed E-state index contributed by atoms with van der Waals surface area (Å²) >= 11 is 0. The van der Waals surface area contributed by atoms with Gasteiger partial charge in [0.15, 0.2) is 5.69 Å². The van der Waals surface area contributed by atoms with Gasteiger partial charge in [-0.05, 0) is 44.2 Å². The van der Waals surface area contributed by atoms with Crippen molar-refractivity contribution in [1.82, 2.24) is 19.9 Å². The number of halogens is 3. The first-order valence-electron chi connectivity index (χ1n) is 7.51. The lowest BCUT2D eigenvalue weighted by molar-refractivity contribution is -0.141. The smallest absolute Gasteiger partial charge is 0.347 e. The molecule has 23 heavy (non-hydrogen) atoms. The highest BCUT2D eigenvalue weighted by Crippen LogP contribution is 2.30. The summed E-state index contributed by atoms with van der Waals surface area (Å²) < 4.78 is 39.7. The summed E-state index contributed by atoms with van der Waals surface area (Å²) in [6.45, 7) is 3.43. The number of aromatic nitrogens is 3. The van der Waals surface area contributed by atoms with Crippen molar-refractivity contribution < 1.29 is 18.0 Å². The van der Waals surface area contributed by atoms with Crippen LogP contribution in [0.4, 0.5) is 13.2 Å². The monoisotopic (exact) mass is 326 g/mol. The van der Waals surface area contributed by atoms with Crippen LogP contribution in [0.1, 0.15) is 48.1 Å². The van der Waals surface area contributed by atoms with Gasteiger partial charge < -0.3 is 5.32 Å². The number of carbonyl (C=O) groups excluding carboxylic acids is 1. The molecule has 1 aliphatic rings. The summed E-state index contributed by atoms with van der Waals surface area (Å²) in [5.41, 5.74) is -0.285. The Balaban J connectivity index is 1.94. The Labute approximate surface area is 130 Å². The molecule has 0 aliphatic heterocycles. The Morgan fingerprint density at radius 3 is 2.70 bits per heavy atom. The molecular formula is C15H17F3N4O. The molecule has 124 valence electrons. The second kappa shape index (κ2) is 5.50. The molecule has 1 N–H and O–H groups in total. The number of fused-ring (bicyclic) bond motifs is 1. The molecule has 0 bridgehead atoms. The highest BCUT2D eigenvalue weighted by Gasteiger charge is 2.34. The standard InChI is InChI=1S/C15H17F3N4O/c1-8-6-12(15(16,17)18)21-22-11(8)7-19-13(22)14(23)20-9(2)10-4-3-5-10/h6-7,9-10H,3-5H2,1-2H3,(H,20,23). The molecule has 3 rings (SSSR count). The van der Waals surface area contributed by atoms with Gasteiger partial charge in [-0.15, -0.1) is 0 Å². The fraction of sp³-hybridized carbons (Fsp3) is 0.533. The van der Waals surface area contributed by atoms with E-state index in [2.05, 4.69) is 15.4 Å². The van der Waals surface area contributed by atoms with E-state index in [4.69, 9.17) is 0 Å². The van der Waals surface area contributed by atoms with E-state index in [1.165, 1.54) is 13.1 Å². The van der Waals surface area contributed by atoms with Crippen molar-refractivity contribution in [2.45, 2.75) is 45.3 Å². The first-order chi connectivity index (χ1) is 10.8. The maximum atomic E-state index is 12.9. The summed E-state index contributed by atoms with van der Waals surface area (Å²) in [5, 5.41) is 6.35. The van der Waals surface area contributed by atoms with Gasteiger partial charge in [0.2, 0.25) is 5.82 Å². The van der Waals surface area contributed by atoms with E-state index in [-0.39, 0.29) is 11.9 Å². The predicted molar refractivity (Wildman–Crippen MR) is 77.0 cm³/mol. The van der Waals surface area contributed by atoms with Crippen molar-refractivity contribution in [1.29, 1.82) is 0 Å². The van der Waals surface area contributed by atoms with Crippen LogP contribution in [0, 0.1) is 12.8 Å². The van der Waals surface area contributed by atoms with Crippen LogP contribution >= 0.6 is 0 Å². The van der Waals surface area contributed by atoms with Gasteiger partial charge in [0.1, 0.15) is 0 Å². The topological polar surface area (TPSA) is 59.3 Å². The van der Waals surface area contributed by atoms with Gasteiger partial charge >= 0.3 is 6.18 Å². The largest absolute Gasteiger partial charge is 0.435 e. The van der Waals surface area contributed by atoms with Crippen LogP contribution in [0.25, 0.3) is 5.52 Å². The van der Waals surface area contributed by atoms with Crippen LogP contribution in [0.15, 0.2) is 12.3 Å². The van der Waals surface area contributed by atoms with E-state index in [9.17, 15) is 18.0 Å². The minimum absolute atomic E-state index is 0.0319. The second-order valence-electron chi connectivity index (χ2n) is 6.04. The molecule has 1 saturated carbocycles. The highest BCUT2D eigenvalue weighted by molar-refractivity contribution is 5.92. The van der Waals surface area contributed by atoms with Crippen molar-refractivity contribution >= 4 is 11.4 Å². The number of hydrogen-bond donors (Lipinski definition) is 1. The summed E-state index contributed by atoms with van der Waals surface area (Å²) in [6, 6.07) is 0.922. The molecule has 5 nitrogen and oxygen atoms in total. The quantitative estimate of drug-likeness (QED) is 0.943. The van der Waals surface area contributed by atoms with Crippen LogP contribution in [-0.2, 0) is 6.18 Å². The zero-order valence-corrected chi connectivity index (χ0v) is 12.8. The van der Waals surface area contributed by atoms with Crippen molar-refractivity contribution in [3.63, 3.8) is 0 Å². The van der Waals surface area contributed by atoms with Crippen LogP contribution in [0.2, 0.25) is 0 Å². The Hall–Kier alpha value is -2.12. The van der Waals surface area contributed by atoms with E-state index in [1.807, 2.05) is 6.92 Å². The number of rotatable bonds is 3. The summed E-state index contributed by atoms with van der Waals surface area (Å²) in [7, 11) is 0. The first kappa shape index (κ1) is 15.8. The molecule has 2 aromatic rings. The summed E-state index contributed by atoms with van der Waals surface area (Å²) in [6.07, 6.45) is 0.0488. The number of alkyl halides is 3. The zero-order chi connectivity index (χ0) is 16.8. The fourth-order valence-electron chi connectivity index (χ4n) is 2.75. The molecule has 1 fully saturated rings. The van der Waals surface area contributed by atoms with Gasteiger partial charge in [-0.1, -0.05) is 6.42 Å². The second-order valence-corrected chi connectivity index (χ2v) is 6.04. The Morgan fingerprint density at radius 1 is 1.43 bits per heavy atom. The lowest BCUT2D eigenvalue weighted by Gasteiger charge is -2.31. The van der Waals surface area contributed by atoms with Crippen LogP contribution in [-0.4, -0.2) is 26.5 Å². The van der Waals surface area contributed by atoms with Crippen molar-refractivity contribution in [3.05, 3.63) is 29.3 Å². The van der Waals surface area contributed by atoms with Crippen LogP contribution < -0.4 is 5.32 Å². The molecule has 2 heterocycles. The summed E-state index contributed by atoms with van der Waals surface area (Å²) in [5.74, 6) is -0.207. The summed E-state index contributed by atoms with van der Waals surface area (Å²) in [4.78, 5) is 16.3. The van der Waals surface area contributed by atoms with E-state index in [1.54, 1.807) is 0 Å². The normalized spacial score (nSPS) is 17.1. The number of amides is 1. The molecule has 8 heteroatoms. The van der Waals surface area contributed by atoms with Gasteiger partial charge in [-0.2, -0.15) is 18.3 Å². The molecule has 1 unspecified atom stereocenters. The molecule has 0 spiro atoms. The minimum atomic E-state index is -4.57. The molecule has 1 amide bonds. The Bertz CT molecular complexity index is 749. The van der Waals surface area contributed by atoms with Crippen molar-refractivity contribution in [2.75, 3.05) is 0 Å². The maximum absolute atomic E-state index is 12.9. The predicted octanol–water partition coefficient (Wildman–Crippen LogP) is 2.97. The Morgan fingerprint density at radius 2 is 2.13 bits per heavy atom. The number of hydrogen-bond acceptors (Lipinski definition) is 3. The molecule has 1 atom stereocenters. The average Bonchev–Trinajstić information content (AvgIpc) is 2.79. The van der Waals surface area contributed by atoms with Crippen LogP contribution in [0.3, 0.4) is 0 Å². The van der Waals surface area contributed by atoms with E-state index in [0.717, 1.165) is 29.8 Å². The minimum Gasteiger partial charge on any atom is -0.347 e. The molecule has 2 aromatic heterocycles. The zero-order valence-electron chi connectivity index (χ0n) is 12.8. The van der Waals surface area contributed by atoms with E-state index >= 15 is 0 Å². The number of carbonyl (C=O) groups is 1. The average molecular weight is 326 g/mol. The molecule has 0 radical (unpaired) electrons. The molecule has 0 saturated heterocycles. The van der Waals surface area contributed by atoms with Gasteiger partial charge in [-0.3, -0.25) is 4.79 Å². The van der Waals surface area contributed by atoms with Gasteiger partial charge in [0.25, 0.3) is 5.91 Å². The number of nitrogens with zero attached hydrogens (tertiary/aromatic N) is 3. The highest BCUT2D eigenvalue weighted by atomic mass is 19.4. The third-order valence-electron chi connectivity index (χ3n) is 4.41. The van der Waals surface area contributed by atoms with Crippen molar-refractivity contribution in [2.24, 2.45) is 5.92 Å². The third-order valence-corrected chi connectivity index (χ3v) is 4.41. The number of aryl methyl sites for hydroxylation is 1. The van der Waals surface area contributed by atoms with Gasteiger partial charge in [0, 0.05) is 6.04 Å². The fourth-order valence-corrected chi connectivity index (χ4v) is 2.75. The molecule has 0 aromatic carbocycles. The molecule has 1 aliphatic carbocycles. The SMILES string of the molecule is Cc1cc(C(F)(F)F)nn2c(C(=O)NC(C)C3CCC3)ncc12. The third kappa shape index (κ3) is 2.89. The van der Waals surface area contributed by atoms with E-state index < -0.39 is 17.8 Å². The number of imidazole rings is 1. The van der Waals surface area contributed by atoms with Gasteiger partial charge in [-0.25, -0.2) is 9.50 Å². The van der Waals surface area contributed by atoms with Gasteiger partial charge in [0.05, 0.1) is 11.7 Å². The lowest BCUT2D eigenvalue weighted by atomic mass is 9.80. The van der Waals surface area contributed by atoms with Crippen LogP contribution in [0.5, 0.6) is 0 Å². The maximum Gasteiger partial charge on any atom is 0.435 e. The first-order valence-corrected chi connectivity index (χ1v) is 7.51. The van der Waals surface area contributed by atoms with E-state index in [0.29, 0.717) is 17.0 Å². The lowest BCUT2D eigenvalue weighted by Crippen LogP contribution is -2.41. The Kier molecular flexibility index (Phi) is 3.77. The van der Waals surface area contributed by atoms with Crippen molar-refractivity contribution in [3.8, 4) is 0 Å². The molecular weight excluding hydrogens is 309 g/mol.